The van der Waals surface area contributed by atoms with Crippen LogP contribution in [0.3, 0.4) is 0 Å². The Morgan fingerprint density at radius 1 is 1.38 bits per heavy atom. The van der Waals surface area contributed by atoms with Crippen LogP contribution in [-0.4, -0.2) is 25.7 Å². The van der Waals surface area contributed by atoms with Crippen LogP contribution in [0, 0.1) is 0 Å². The maximum atomic E-state index is 11.4. The Kier molecular flexibility index (Phi) is 3.90. The fraction of sp³-hybridized carbons (Fsp3) is 0.417. The van der Waals surface area contributed by atoms with Crippen LogP contribution in [0.2, 0.25) is 0 Å². The minimum atomic E-state index is -1.04. The zero-order chi connectivity index (χ0) is 12.2. The van der Waals surface area contributed by atoms with E-state index in [9.17, 15) is 4.79 Å². The Labute approximate surface area is 95.3 Å². The molecule has 0 radical (unpaired) electrons. The minimum absolute atomic E-state index is 0.379. The quantitative estimate of drug-likeness (QED) is 0.777. The predicted octanol–water partition coefficient (Wildman–Crippen LogP) is 1.13. The van der Waals surface area contributed by atoms with Crippen LogP contribution in [0.25, 0.3) is 0 Å². The van der Waals surface area contributed by atoms with Gasteiger partial charge in [-0.3, -0.25) is 4.79 Å². The molecule has 0 aromatic heterocycles. The van der Waals surface area contributed by atoms with Crippen LogP contribution in [0.5, 0.6) is 5.75 Å². The summed E-state index contributed by atoms with van der Waals surface area (Å²) in [6.07, 6.45) is 0.379. The molecule has 1 aromatic rings. The van der Waals surface area contributed by atoms with Gasteiger partial charge in [0.25, 0.3) is 0 Å². The summed E-state index contributed by atoms with van der Waals surface area (Å²) >= 11 is 0. The average molecular weight is 223 g/mol. The first-order chi connectivity index (χ1) is 7.51. The standard InChI is InChI=1S/C12H17NO3/c1-12(13,11(14)16-3)8-9-6-4-5-7-10(9)15-2/h4-7H,8,13H2,1-3H3. The van der Waals surface area contributed by atoms with Crippen LogP contribution >= 0.6 is 0 Å². The number of ether oxygens (including phenoxy) is 2. The van der Waals surface area contributed by atoms with Crippen molar-refractivity contribution < 1.29 is 14.3 Å². The first-order valence-electron chi connectivity index (χ1n) is 5.00. The molecule has 88 valence electrons. The maximum Gasteiger partial charge on any atom is 0.325 e. The number of benzene rings is 1. The van der Waals surface area contributed by atoms with Gasteiger partial charge in [0, 0.05) is 6.42 Å². The second kappa shape index (κ2) is 4.99. The molecule has 16 heavy (non-hydrogen) atoms. The van der Waals surface area contributed by atoms with Crippen molar-refractivity contribution in [2.75, 3.05) is 14.2 Å². The zero-order valence-electron chi connectivity index (χ0n) is 9.82. The van der Waals surface area contributed by atoms with E-state index in [-0.39, 0.29) is 0 Å². The molecule has 1 aromatic carbocycles. The Morgan fingerprint density at radius 3 is 2.56 bits per heavy atom. The number of rotatable bonds is 4. The van der Waals surface area contributed by atoms with E-state index in [1.807, 2.05) is 24.3 Å². The van der Waals surface area contributed by atoms with Gasteiger partial charge in [0.15, 0.2) is 0 Å². The molecular weight excluding hydrogens is 206 g/mol. The van der Waals surface area contributed by atoms with E-state index in [0.29, 0.717) is 6.42 Å². The lowest BCUT2D eigenvalue weighted by Gasteiger charge is -2.22. The Hall–Kier alpha value is -1.55. The first-order valence-corrected chi connectivity index (χ1v) is 5.00. The van der Waals surface area contributed by atoms with Crippen molar-refractivity contribution in [1.82, 2.24) is 0 Å². The highest BCUT2D eigenvalue weighted by atomic mass is 16.5. The van der Waals surface area contributed by atoms with Gasteiger partial charge in [0.2, 0.25) is 0 Å². The van der Waals surface area contributed by atoms with Crippen LogP contribution in [0.4, 0.5) is 0 Å². The number of carbonyl (C=O) groups excluding carboxylic acids is 1. The summed E-state index contributed by atoms with van der Waals surface area (Å²) < 4.78 is 9.85. The molecule has 1 unspecified atom stereocenters. The summed E-state index contributed by atoms with van der Waals surface area (Å²) in [4.78, 5) is 11.4. The molecule has 1 atom stereocenters. The minimum Gasteiger partial charge on any atom is -0.496 e. The van der Waals surface area contributed by atoms with E-state index in [1.54, 1.807) is 14.0 Å². The van der Waals surface area contributed by atoms with Crippen molar-refractivity contribution in [2.45, 2.75) is 18.9 Å². The van der Waals surface area contributed by atoms with Gasteiger partial charge in [-0.2, -0.15) is 0 Å². The fourth-order valence-corrected chi connectivity index (χ4v) is 1.55. The molecule has 0 bridgehead atoms. The van der Waals surface area contributed by atoms with E-state index in [4.69, 9.17) is 10.5 Å². The molecule has 4 nitrogen and oxygen atoms in total. The van der Waals surface area contributed by atoms with E-state index in [0.717, 1.165) is 11.3 Å². The second-order valence-corrected chi connectivity index (χ2v) is 3.90. The first kappa shape index (κ1) is 12.5. The molecule has 0 fully saturated rings. The lowest BCUT2D eigenvalue weighted by Crippen LogP contribution is -2.47. The van der Waals surface area contributed by atoms with Gasteiger partial charge >= 0.3 is 5.97 Å². The summed E-state index contributed by atoms with van der Waals surface area (Å²) in [6, 6.07) is 7.47. The lowest BCUT2D eigenvalue weighted by molar-refractivity contribution is -0.146. The monoisotopic (exact) mass is 223 g/mol. The van der Waals surface area contributed by atoms with E-state index < -0.39 is 11.5 Å². The number of esters is 1. The molecule has 2 N–H and O–H groups in total. The Balaban J connectivity index is 2.91. The molecule has 0 saturated heterocycles. The van der Waals surface area contributed by atoms with Crippen molar-refractivity contribution >= 4 is 5.97 Å². The molecule has 0 saturated carbocycles. The van der Waals surface area contributed by atoms with Gasteiger partial charge in [-0.15, -0.1) is 0 Å². The number of hydrogen-bond acceptors (Lipinski definition) is 4. The highest BCUT2D eigenvalue weighted by molar-refractivity contribution is 5.80. The molecule has 0 heterocycles. The molecule has 0 spiro atoms. The summed E-state index contributed by atoms with van der Waals surface area (Å²) in [5.74, 6) is 0.293. The summed E-state index contributed by atoms with van der Waals surface area (Å²) in [7, 11) is 2.92. The molecular formula is C12H17NO3. The Bertz CT molecular complexity index is 374. The number of hydrogen-bond donors (Lipinski definition) is 1. The van der Waals surface area contributed by atoms with E-state index >= 15 is 0 Å². The van der Waals surface area contributed by atoms with Crippen molar-refractivity contribution in [1.29, 1.82) is 0 Å². The maximum absolute atomic E-state index is 11.4. The fourth-order valence-electron chi connectivity index (χ4n) is 1.55. The average Bonchev–Trinajstić information content (AvgIpc) is 2.28. The summed E-state index contributed by atoms with van der Waals surface area (Å²) in [5, 5.41) is 0. The number of para-hydroxylation sites is 1. The van der Waals surface area contributed by atoms with Crippen molar-refractivity contribution in [2.24, 2.45) is 5.73 Å². The third-order valence-electron chi connectivity index (χ3n) is 2.40. The molecule has 0 aliphatic rings. The number of carbonyl (C=O) groups is 1. The summed E-state index contributed by atoms with van der Waals surface area (Å²) in [6.45, 7) is 1.64. The van der Waals surface area contributed by atoms with Gasteiger partial charge < -0.3 is 15.2 Å². The topological polar surface area (TPSA) is 61.5 Å². The molecule has 1 rings (SSSR count). The highest BCUT2D eigenvalue weighted by Crippen LogP contribution is 2.22. The lowest BCUT2D eigenvalue weighted by atomic mass is 9.93. The SMILES string of the molecule is COC(=O)C(C)(N)Cc1ccccc1OC. The van der Waals surface area contributed by atoms with Crippen LogP contribution in [-0.2, 0) is 16.0 Å². The van der Waals surface area contributed by atoms with Gasteiger partial charge in [-0.05, 0) is 18.6 Å². The van der Waals surface area contributed by atoms with Gasteiger partial charge in [-0.1, -0.05) is 18.2 Å². The third kappa shape index (κ3) is 2.73. The number of methoxy groups -OCH3 is 2. The van der Waals surface area contributed by atoms with Crippen molar-refractivity contribution in [3.8, 4) is 5.75 Å². The van der Waals surface area contributed by atoms with Gasteiger partial charge in [0.05, 0.1) is 14.2 Å². The molecule has 0 aliphatic carbocycles. The van der Waals surface area contributed by atoms with Gasteiger partial charge in [0.1, 0.15) is 11.3 Å². The van der Waals surface area contributed by atoms with Crippen molar-refractivity contribution in [3.05, 3.63) is 29.8 Å². The predicted molar refractivity (Wildman–Crippen MR) is 61.3 cm³/mol. The van der Waals surface area contributed by atoms with Crippen molar-refractivity contribution in [3.63, 3.8) is 0 Å². The number of nitrogens with two attached hydrogens (primary N) is 1. The second-order valence-electron chi connectivity index (χ2n) is 3.90. The van der Waals surface area contributed by atoms with Gasteiger partial charge in [-0.25, -0.2) is 0 Å². The molecule has 4 heteroatoms. The van der Waals surface area contributed by atoms with Crippen LogP contribution in [0.15, 0.2) is 24.3 Å². The molecule has 0 aliphatic heterocycles. The largest absolute Gasteiger partial charge is 0.496 e. The van der Waals surface area contributed by atoms with E-state index in [1.165, 1.54) is 7.11 Å². The van der Waals surface area contributed by atoms with Crippen LogP contribution < -0.4 is 10.5 Å². The molecule has 0 amide bonds. The zero-order valence-corrected chi connectivity index (χ0v) is 9.82. The highest BCUT2D eigenvalue weighted by Gasteiger charge is 2.30. The smallest absolute Gasteiger partial charge is 0.325 e. The third-order valence-corrected chi connectivity index (χ3v) is 2.40. The normalized spacial score (nSPS) is 14.0. The van der Waals surface area contributed by atoms with Crippen LogP contribution in [0.1, 0.15) is 12.5 Å². The summed E-state index contributed by atoms with van der Waals surface area (Å²) in [5.41, 5.74) is 5.75. The van der Waals surface area contributed by atoms with E-state index in [2.05, 4.69) is 4.74 Å². The Morgan fingerprint density at radius 2 is 2.00 bits per heavy atom.